The number of fused-ring (bicyclic) bond motifs is 1. The van der Waals surface area contributed by atoms with Gasteiger partial charge in [0.15, 0.2) is 5.76 Å². The molecule has 3 rings (SSSR count). The molecule has 0 unspecified atom stereocenters. The van der Waals surface area contributed by atoms with Crippen molar-refractivity contribution >= 4 is 40.0 Å². The third-order valence-electron chi connectivity index (χ3n) is 2.56. The van der Waals surface area contributed by atoms with E-state index in [0.717, 1.165) is 5.39 Å². The molecule has 2 aromatic heterocycles. The van der Waals surface area contributed by atoms with Gasteiger partial charge in [0.2, 0.25) is 11.0 Å². The van der Waals surface area contributed by atoms with Gasteiger partial charge in [0, 0.05) is 10.4 Å². The van der Waals surface area contributed by atoms with Gasteiger partial charge in [0.05, 0.1) is 11.8 Å². The van der Waals surface area contributed by atoms with Crippen LogP contribution in [0.4, 0.5) is 0 Å². The van der Waals surface area contributed by atoms with Gasteiger partial charge in [-0.05, 0) is 41.9 Å². The molecule has 2 heterocycles. The summed E-state index contributed by atoms with van der Waals surface area (Å²) in [5.41, 5.74) is 0.879. The zero-order valence-corrected chi connectivity index (χ0v) is 10.5. The maximum Gasteiger partial charge on any atom is 0.233 e. The molecule has 0 spiro atoms. The number of hydrogen-bond donors (Lipinski definition) is 0. The highest BCUT2D eigenvalue weighted by molar-refractivity contribution is 6.33. The topological polar surface area (TPSA) is 43.4 Å². The summed E-state index contributed by atoms with van der Waals surface area (Å²) in [5, 5.41) is 1.41. The Labute approximate surface area is 112 Å². The Morgan fingerprint density at radius 1 is 1.11 bits per heavy atom. The smallest absolute Gasteiger partial charge is 0.233 e. The van der Waals surface area contributed by atoms with E-state index in [9.17, 15) is 4.79 Å². The molecule has 0 N–H and O–H groups in total. The van der Waals surface area contributed by atoms with Gasteiger partial charge in [-0.15, -0.1) is 0 Å². The molecule has 0 amide bonds. The monoisotopic (exact) mass is 280 g/mol. The summed E-state index contributed by atoms with van der Waals surface area (Å²) in [6.07, 6.45) is 1.36. The first-order chi connectivity index (χ1) is 8.65. The molecule has 0 bridgehead atoms. The van der Waals surface area contributed by atoms with E-state index < -0.39 is 0 Å². The van der Waals surface area contributed by atoms with Gasteiger partial charge in [0.1, 0.15) is 5.58 Å². The van der Waals surface area contributed by atoms with Gasteiger partial charge >= 0.3 is 0 Å². The quantitative estimate of drug-likeness (QED) is 0.646. The molecule has 0 fully saturated rings. The van der Waals surface area contributed by atoms with E-state index >= 15 is 0 Å². The van der Waals surface area contributed by atoms with Gasteiger partial charge in [-0.3, -0.25) is 4.79 Å². The van der Waals surface area contributed by atoms with E-state index in [1.165, 1.54) is 12.3 Å². The SMILES string of the molecule is O=C(c1cc2cc(Cl)ccc2o1)c1ccoc1Cl. The van der Waals surface area contributed by atoms with Crippen LogP contribution >= 0.6 is 23.2 Å². The molecule has 0 radical (unpaired) electrons. The fourth-order valence-corrected chi connectivity index (χ4v) is 2.10. The Kier molecular flexibility index (Phi) is 2.65. The Balaban J connectivity index is 2.10. The lowest BCUT2D eigenvalue weighted by Crippen LogP contribution is -1.97. The first kappa shape index (κ1) is 11.4. The van der Waals surface area contributed by atoms with Crippen molar-refractivity contribution in [3.63, 3.8) is 0 Å². The predicted octanol–water partition coefficient (Wildman–Crippen LogP) is 4.56. The number of hydrogen-bond acceptors (Lipinski definition) is 3. The molecule has 0 saturated carbocycles. The zero-order valence-electron chi connectivity index (χ0n) is 8.94. The van der Waals surface area contributed by atoms with Crippen LogP contribution in [0.5, 0.6) is 0 Å². The highest BCUT2D eigenvalue weighted by atomic mass is 35.5. The summed E-state index contributed by atoms with van der Waals surface area (Å²) in [6.45, 7) is 0. The normalized spacial score (nSPS) is 11.0. The summed E-state index contributed by atoms with van der Waals surface area (Å²) in [6, 6.07) is 8.28. The summed E-state index contributed by atoms with van der Waals surface area (Å²) in [7, 11) is 0. The van der Waals surface area contributed by atoms with Crippen molar-refractivity contribution in [2.45, 2.75) is 0 Å². The van der Waals surface area contributed by atoms with E-state index in [4.69, 9.17) is 32.0 Å². The van der Waals surface area contributed by atoms with Crippen molar-refractivity contribution in [3.8, 4) is 0 Å². The fourth-order valence-electron chi connectivity index (χ4n) is 1.71. The number of rotatable bonds is 2. The lowest BCUT2D eigenvalue weighted by atomic mass is 10.1. The average molecular weight is 281 g/mol. The number of benzene rings is 1. The number of carbonyl (C=O) groups is 1. The zero-order chi connectivity index (χ0) is 12.7. The first-order valence-corrected chi connectivity index (χ1v) is 5.87. The fraction of sp³-hybridized carbons (Fsp3) is 0. The van der Waals surface area contributed by atoms with Gasteiger partial charge in [-0.1, -0.05) is 11.6 Å². The Bertz CT molecular complexity index is 740. The van der Waals surface area contributed by atoms with Gasteiger partial charge in [0.25, 0.3) is 0 Å². The molecule has 1 aromatic carbocycles. The molecule has 0 aliphatic rings. The third-order valence-corrected chi connectivity index (χ3v) is 3.09. The van der Waals surface area contributed by atoms with Crippen molar-refractivity contribution in [2.24, 2.45) is 0 Å². The van der Waals surface area contributed by atoms with Crippen LogP contribution in [0, 0.1) is 0 Å². The standard InChI is InChI=1S/C13H6Cl2O3/c14-8-1-2-10-7(5-8)6-11(18-10)12(16)9-3-4-17-13(9)15/h1-6H. The average Bonchev–Trinajstić information content (AvgIpc) is 2.93. The minimum absolute atomic E-state index is 0.0542. The second-order valence-electron chi connectivity index (χ2n) is 3.73. The van der Waals surface area contributed by atoms with E-state index in [0.29, 0.717) is 10.6 Å². The van der Waals surface area contributed by atoms with Crippen LogP contribution in [-0.4, -0.2) is 5.78 Å². The maximum atomic E-state index is 12.1. The minimum Gasteiger partial charge on any atom is -0.453 e. The lowest BCUT2D eigenvalue weighted by molar-refractivity contribution is 0.101. The molecule has 0 aliphatic carbocycles. The summed E-state index contributed by atoms with van der Waals surface area (Å²) in [4.78, 5) is 12.1. The molecule has 18 heavy (non-hydrogen) atoms. The molecule has 0 aliphatic heterocycles. The van der Waals surface area contributed by atoms with Crippen LogP contribution in [0.3, 0.4) is 0 Å². The van der Waals surface area contributed by atoms with Crippen molar-refractivity contribution < 1.29 is 13.6 Å². The van der Waals surface area contributed by atoms with E-state index in [-0.39, 0.29) is 22.3 Å². The van der Waals surface area contributed by atoms with Gasteiger partial charge in [-0.25, -0.2) is 0 Å². The van der Waals surface area contributed by atoms with Crippen LogP contribution in [0.25, 0.3) is 11.0 Å². The predicted molar refractivity (Wildman–Crippen MR) is 68.4 cm³/mol. The van der Waals surface area contributed by atoms with Crippen LogP contribution < -0.4 is 0 Å². The molecule has 3 aromatic rings. The molecule has 90 valence electrons. The van der Waals surface area contributed by atoms with Crippen molar-refractivity contribution in [3.05, 3.63) is 58.2 Å². The molecular formula is C13H6Cl2O3. The molecular weight excluding hydrogens is 275 g/mol. The maximum absolute atomic E-state index is 12.1. The van der Waals surface area contributed by atoms with E-state index in [1.807, 2.05) is 0 Å². The Morgan fingerprint density at radius 2 is 1.94 bits per heavy atom. The lowest BCUT2D eigenvalue weighted by Gasteiger charge is -1.92. The van der Waals surface area contributed by atoms with Crippen LogP contribution in [0.15, 0.2) is 45.4 Å². The van der Waals surface area contributed by atoms with Crippen LogP contribution in [0.2, 0.25) is 10.2 Å². The summed E-state index contributed by atoms with van der Waals surface area (Å²) >= 11 is 11.6. The molecule has 0 saturated heterocycles. The second-order valence-corrected chi connectivity index (χ2v) is 4.51. The van der Waals surface area contributed by atoms with Gasteiger partial charge in [-0.2, -0.15) is 0 Å². The molecule has 0 atom stereocenters. The first-order valence-electron chi connectivity index (χ1n) is 5.12. The van der Waals surface area contributed by atoms with Crippen LogP contribution in [-0.2, 0) is 0 Å². The third kappa shape index (κ3) is 1.82. The van der Waals surface area contributed by atoms with Crippen molar-refractivity contribution in [2.75, 3.05) is 0 Å². The van der Waals surface area contributed by atoms with E-state index in [1.54, 1.807) is 24.3 Å². The minimum atomic E-state index is -0.318. The largest absolute Gasteiger partial charge is 0.453 e. The number of halogens is 2. The Hall–Kier alpha value is -1.71. The van der Waals surface area contributed by atoms with E-state index in [2.05, 4.69) is 0 Å². The highest BCUT2D eigenvalue weighted by Gasteiger charge is 2.19. The molecule has 3 nitrogen and oxygen atoms in total. The summed E-state index contributed by atoms with van der Waals surface area (Å²) in [5.74, 6) is -0.114. The second kappa shape index (κ2) is 4.19. The Morgan fingerprint density at radius 3 is 2.67 bits per heavy atom. The number of ketones is 1. The van der Waals surface area contributed by atoms with Crippen LogP contribution in [0.1, 0.15) is 16.1 Å². The van der Waals surface area contributed by atoms with Gasteiger partial charge < -0.3 is 8.83 Å². The number of furan rings is 2. The summed E-state index contributed by atoms with van der Waals surface area (Å²) < 4.78 is 10.3. The number of carbonyl (C=O) groups excluding carboxylic acids is 1. The molecule has 5 heteroatoms. The highest BCUT2D eigenvalue weighted by Crippen LogP contribution is 2.26. The van der Waals surface area contributed by atoms with Crippen molar-refractivity contribution in [1.29, 1.82) is 0 Å². The van der Waals surface area contributed by atoms with Crippen molar-refractivity contribution in [1.82, 2.24) is 0 Å².